The van der Waals surface area contributed by atoms with Crippen LogP contribution in [0, 0.1) is 13.8 Å². The molecule has 6 heteroatoms. The van der Waals surface area contributed by atoms with Crippen LogP contribution in [0.25, 0.3) is 16.8 Å². The molecule has 0 saturated heterocycles. The van der Waals surface area contributed by atoms with Gasteiger partial charge in [0, 0.05) is 5.56 Å². The maximum atomic E-state index is 11.9. The van der Waals surface area contributed by atoms with Gasteiger partial charge in [-0.25, -0.2) is 9.48 Å². The van der Waals surface area contributed by atoms with Gasteiger partial charge >= 0.3 is 5.97 Å². The zero-order valence-electron chi connectivity index (χ0n) is 17.6. The third-order valence-corrected chi connectivity index (χ3v) is 5.09. The summed E-state index contributed by atoms with van der Waals surface area (Å²) in [5.41, 5.74) is 5.00. The minimum absolute atomic E-state index is 0.199. The molecular weight excluding hydrogens is 390 g/mol. The Labute approximate surface area is 180 Å². The van der Waals surface area contributed by atoms with Crippen molar-refractivity contribution in [1.29, 1.82) is 0 Å². The highest BCUT2D eigenvalue weighted by atomic mass is 16.5. The molecule has 31 heavy (non-hydrogen) atoms. The van der Waals surface area contributed by atoms with Crippen LogP contribution < -0.4 is 10.1 Å². The van der Waals surface area contributed by atoms with E-state index in [0.29, 0.717) is 17.3 Å². The number of anilines is 2. The molecule has 6 nitrogen and oxygen atoms in total. The number of carbonyl (C=O) groups is 1. The van der Waals surface area contributed by atoms with E-state index in [4.69, 9.17) is 9.84 Å². The number of rotatable bonds is 6. The van der Waals surface area contributed by atoms with Crippen molar-refractivity contribution in [2.75, 3.05) is 12.4 Å². The number of nitrogens with one attached hydrogen (secondary N) is 1. The number of carboxylic acid groups (broad SMARTS) is 1. The van der Waals surface area contributed by atoms with E-state index in [2.05, 4.69) is 5.32 Å². The molecule has 0 spiro atoms. The molecule has 0 atom stereocenters. The second kappa shape index (κ2) is 8.36. The summed E-state index contributed by atoms with van der Waals surface area (Å²) in [7, 11) is 1.61. The van der Waals surface area contributed by atoms with Gasteiger partial charge < -0.3 is 15.2 Å². The molecule has 4 aromatic rings. The lowest BCUT2D eigenvalue weighted by Crippen LogP contribution is -2.08. The first kappa shape index (κ1) is 20.2. The summed E-state index contributed by atoms with van der Waals surface area (Å²) in [4.78, 5) is 11.9. The Bertz CT molecular complexity index is 1250. The summed E-state index contributed by atoms with van der Waals surface area (Å²) < 4.78 is 7.32. The van der Waals surface area contributed by atoms with Crippen molar-refractivity contribution in [2.45, 2.75) is 13.8 Å². The Morgan fingerprint density at radius 2 is 1.71 bits per heavy atom. The summed E-state index contributed by atoms with van der Waals surface area (Å²) in [5.74, 6) is 0.335. The van der Waals surface area contributed by atoms with E-state index in [1.165, 1.54) is 0 Å². The fourth-order valence-electron chi connectivity index (χ4n) is 3.64. The average molecular weight is 413 g/mol. The van der Waals surface area contributed by atoms with E-state index in [1.807, 2.05) is 74.5 Å². The van der Waals surface area contributed by atoms with E-state index >= 15 is 0 Å². The molecule has 0 aliphatic carbocycles. The standard InChI is InChI=1S/C25H23N3O3/c1-16-13-14-20(19(15-16)25(29)30)26-24-23(18-9-5-4-6-10-18)17(2)27-28(24)21-11-7-8-12-22(21)31-3/h4-15,26H,1-3H3,(H,29,30). The summed E-state index contributed by atoms with van der Waals surface area (Å²) in [6, 6.07) is 22.8. The first-order valence-electron chi connectivity index (χ1n) is 9.89. The molecule has 0 fully saturated rings. The van der Waals surface area contributed by atoms with E-state index in [1.54, 1.807) is 23.9 Å². The van der Waals surface area contributed by atoms with Gasteiger partial charge in [-0.05, 0) is 43.7 Å². The van der Waals surface area contributed by atoms with Crippen molar-refractivity contribution in [1.82, 2.24) is 9.78 Å². The van der Waals surface area contributed by atoms with Gasteiger partial charge in [0.05, 0.1) is 24.1 Å². The summed E-state index contributed by atoms with van der Waals surface area (Å²) in [6.45, 7) is 3.81. The van der Waals surface area contributed by atoms with Crippen LogP contribution in [0.5, 0.6) is 5.75 Å². The van der Waals surface area contributed by atoms with Crippen LogP contribution in [0.2, 0.25) is 0 Å². The molecule has 4 rings (SSSR count). The van der Waals surface area contributed by atoms with Crippen molar-refractivity contribution >= 4 is 17.5 Å². The molecule has 0 bridgehead atoms. The second-order valence-electron chi connectivity index (χ2n) is 7.24. The van der Waals surface area contributed by atoms with Crippen LogP contribution in [0.15, 0.2) is 72.8 Å². The number of aromatic carboxylic acids is 1. The highest BCUT2D eigenvalue weighted by Gasteiger charge is 2.22. The second-order valence-corrected chi connectivity index (χ2v) is 7.24. The topological polar surface area (TPSA) is 76.4 Å². The highest BCUT2D eigenvalue weighted by molar-refractivity contribution is 5.96. The predicted molar refractivity (Wildman–Crippen MR) is 122 cm³/mol. The van der Waals surface area contributed by atoms with Crippen molar-refractivity contribution < 1.29 is 14.6 Å². The number of aromatic nitrogens is 2. The van der Waals surface area contributed by atoms with Gasteiger partial charge in [0.2, 0.25) is 0 Å². The van der Waals surface area contributed by atoms with Gasteiger partial charge in [0.1, 0.15) is 17.3 Å². The number of nitrogens with zero attached hydrogens (tertiary/aromatic N) is 2. The molecule has 156 valence electrons. The van der Waals surface area contributed by atoms with Crippen molar-refractivity contribution in [3.63, 3.8) is 0 Å². The summed E-state index contributed by atoms with van der Waals surface area (Å²) in [6.07, 6.45) is 0. The predicted octanol–water partition coefficient (Wildman–Crippen LogP) is 5.61. The van der Waals surface area contributed by atoms with E-state index in [-0.39, 0.29) is 5.56 Å². The largest absolute Gasteiger partial charge is 0.494 e. The lowest BCUT2D eigenvalue weighted by molar-refractivity contribution is 0.0698. The zero-order chi connectivity index (χ0) is 22.0. The van der Waals surface area contributed by atoms with Crippen molar-refractivity contribution in [2.24, 2.45) is 0 Å². The number of hydrogen-bond acceptors (Lipinski definition) is 4. The molecule has 0 unspecified atom stereocenters. The van der Waals surface area contributed by atoms with Crippen LogP contribution in [0.3, 0.4) is 0 Å². The minimum Gasteiger partial charge on any atom is -0.494 e. The van der Waals surface area contributed by atoms with E-state index in [0.717, 1.165) is 28.1 Å². The van der Waals surface area contributed by atoms with Crippen molar-refractivity contribution in [3.05, 3.63) is 89.6 Å². The number of carboxylic acids is 1. The van der Waals surface area contributed by atoms with Gasteiger partial charge in [-0.2, -0.15) is 5.10 Å². The third kappa shape index (κ3) is 3.88. The summed E-state index contributed by atoms with van der Waals surface area (Å²) in [5, 5.41) is 17.9. The Hall–Kier alpha value is -4.06. The molecule has 0 amide bonds. The van der Waals surface area contributed by atoms with E-state index in [9.17, 15) is 9.90 Å². The first-order valence-corrected chi connectivity index (χ1v) is 9.89. The van der Waals surface area contributed by atoms with Gasteiger partial charge in [0.15, 0.2) is 0 Å². The Morgan fingerprint density at radius 1 is 1.00 bits per heavy atom. The Morgan fingerprint density at radius 3 is 2.42 bits per heavy atom. The summed E-state index contributed by atoms with van der Waals surface area (Å²) >= 11 is 0. The minimum atomic E-state index is -0.993. The molecule has 3 aromatic carbocycles. The van der Waals surface area contributed by atoms with Gasteiger partial charge in [0.25, 0.3) is 0 Å². The fraction of sp³-hybridized carbons (Fsp3) is 0.120. The SMILES string of the molecule is COc1ccccc1-n1nc(C)c(-c2ccccc2)c1Nc1ccc(C)cc1C(=O)O. The fourth-order valence-corrected chi connectivity index (χ4v) is 3.64. The first-order chi connectivity index (χ1) is 15.0. The Balaban J connectivity index is 1.97. The van der Waals surface area contributed by atoms with E-state index < -0.39 is 5.97 Å². The quantitative estimate of drug-likeness (QED) is 0.430. The number of para-hydroxylation sites is 2. The molecule has 1 heterocycles. The molecule has 1 aromatic heterocycles. The van der Waals surface area contributed by atoms with Gasteiger partial charge in [-0.1, -0.05) is 54.1 Å². The molecule has 0 aliphatic heterocycles. The van der Waals surface area contributed by atoms with Crippen molar-refractivity contribution in [3.8, 4) is 22.6 Å². The normalized spacial score (nSPS) is 10.7. The number of hydrogen-bond donors (Lipinski definition) is 2. The maximum absolute atomic E-state index is 11.9. The monoisotopic (exact) mass is 413 g/mol. The van der Waals surface area contributed by atoms with Crippen LogP contribution in [-0.2, 0) is 0 Å². The molecule has 0 aliphatic rings. The van der Waals surface area contributed by atoms with Crippen LogP contribution in [-0.4, -0.2) is 28.0 Å². The number of benzene rings is 3. The number of aryl methyl sites for hydroxylation is 2. The third-order valence-electron chi connectivity index (χ3n) is 5.09. The van der Waals surface area contributed by atoms with Gasteiger partial charge in [-0.3, -0.25) is 0 Å². The zero-order valence-corrected chi connectivity index (χ0v) is 17.6. The Kier molecular flexibility index (Phi) is 5.45. The average Bonchev–Trinajstić information content (AvgIpc) is 3.10. The highest BCUT2D eigenvalue weighted by Crippen LogP contribution is 2.37. The lowest BCUT2D eigenvalue weighted by atomic mass is 10.0. The number of ether oxygens (including phenoxy) is 1. The van der Waals surface area contributed by atoms with Crippen LogP contribution in [0.1, 0.15) is 21.6 Å². The maximum Gasteiger partial charge on any atom is 0.337 e. The molecule has 0 saturated carbocycles. The lowest BCUT2D eigenvalue weighted by Gasteiger charge is -2.16. The number of methoxy groups -OCH3 is 1. The molecular formula is C25H23N3O3. The molecule has 0 radical (unpaired) electrons. The smallest absolute Gasteiger partial charge is 0.337 e. The van der Waals surface area contributed by atoms with Crippen LogP contribution in [0.4, 0.5) is 11.5 Å². The van der Waals surface area contributed by atoms with Crippen LogP contribution >= 0.6 is 0 Å². The van der Waals surface area contributed by atoms with Gasteiger partial charge in [-0.15, -0.1) is 0 Å². The molecule has 2 N–H and O–H groups in total.